The molecule has 180 valence electrons. The molecule has 1 rings (SSSR count). The Kier molecular flexibility index (Phi) is 16.5. The van der Waals surface area contributed by atoms with Crippen LogP contribution in [0.15, 0.2) is 11.1 Å². The second-order valence-electron chi connectivity index (χ2n) is 8.62. The molecule has 1 fully saturated rings. The van der Waals surface area contributed by atoms with E-state index in [9.17, 15) is 9.59 Å². The molecule has 2 atom stereocenters. The molecule has 0 bridgehead atoms. The largest absolute Gasteiger partial charge is 0.462 e. The van der Waals surface area contributed by atoms with Crippen LogP contribution in [0.3, 0.4) is 0 Å². The van der Waals surface area contributed by atoms with Crippen LogP contribution in [0.2, 0.25) is 0 Å². The van der Waals surface area contributed by atoms with Crippen LogP contribution in [-0.2, 0) is 19.1 Å². The first-order valence-corrected chi connectivity index (χ1v) is 13.4. The van der Waals surface area contributed by atoms with E-state index >= 15 is 0 Å². The Morgan fingerprint density at radius 3 is 2.19 bits per heavy atom. The summed E-state index contributed by atoms with van der Waals surface area (Å²) in [6, 6.07) is 0. The maximum atomic E-state index is 12.5. The average Bonchev–Trinajstić information content (AvgIpc) is 2.76. The Bertz CT molecular complexity index is 524. The summed E-state index contributed by atoms with van der Waals surface area (Å²) < 4.78 is 11.2. The smallest absolute Gasteiger partial charge is 0.346 e. The van der Waals surface area contributed by atoms with Crippen molar-refractivity contribution in [2.24, 2.45) is 11.7 Å². The molecular formula is C25H45NO4S. The van der Waals surface area contributed by atoms with Crippen LogP contribution in [-0.4, -0.2) is 24.0 Å². The van der Waals surface area contributed by atoms with Crippen molar-refractivity contribution in [2.75, 3.05) is 6.61 Å². The fraction of sp³-hybridized carbons (Fsp3) is 0.840. The van der Waals surface area contributed by atoms with Gasteiger partial charge < -0.3 is 15.2 Å². The minimum atomic E-state index is -0.419. The number of carbonyl (C=O) groups excluding carboxylic acids is 2. The molecule has 6 heteroatoms. The molecule has 1 aliphatic rings. The third-order valence-corrected chi connectivity index (χ3v) is 7.13. The molecule has 0 spiro atoms. The minimum Gasteiger partial charge on any atom is -0.462 e. The second-order valence-corrected chi connectivity index (χ2v) is 9.76. The van der Waals surface area contributed by atoms with Gasteiger partial charge in [0, 0.05) is 18.5 Å². The third-order valence-electron chi connectivity index (χ3n) is 5.86. The van der Waals surface area contributed by atoms with Crippen LogP contribution in [0.25, 0.3) is 0 Å². The maximum Gasteiger partial charge on any atom is 0.346 e. The number of unbranched alkanes of at least 4 members (excludes halogenated alkanes) is 11. The summed E-state index contributed by atoms with van der Waals surface area (Å²) in [5.74, 6) is -0.403. The normalized spacial score (nSPS) is 20.8. The van der Waals surface area contributed by atoms with Gasteiger partial charge in [-0.1, -0.05) is 103 Å². The molecule has 0 aromatic heterocycles. The molecule has 2 N–H and O–H groups in total. The fourth-order valence-corrected chi connectivity index (χ4v) is 4.99. The maximum absolute atomic E-state index is 12.5. The van der Waals surface area contributed by atoms with Gasteiger partial charge >= 0.3 is 11.9 Å². The SMILES string of the molecule is CCCCCCCCCCC(=O)OC1SC(=CN)C(=O)OCCC1CCCCCCC. The van der Waals surface area contributed by atoms with Crippen molar-refractivity contribution < 1.29 is 19.1 Å². The Labute approximate surface area is 194 Å². The van der Waals surface area contributed by atoms with Gasteiger partial charge in [0.05, 0.1) is 6.61 Å². The van der Waals surface area contributed by atoms with E-state index in [1.54, 1.807) is 0 Å². The topological polar surface area (TPSA) is 78.6 Å². The molecule has 0 aliphatic carbocycles. The van der Waals surface area contributed by atoms with Gasteiger partial charge in [-0.25, -0.2) is 4.79 Å². The summed E-state index contributed by atoms with van der Waals surface area (Å²) in [7, 11) is 0. The second kappa shape index (κ2) is 18.4. The highest BCUT2D eigenvalue weighted by atomic mass is 32.2. The van der Waals surface area contributed by atoms with Crippen molar-refractivity contribution in [3.63, 3.8) is 0 Å². The summed E-state index contributed by atoms with van der Waals surface area (Å²) in [6.45, 7) is 4.79. The summed E-state index contributed by atoms with van der Waals surface area (Å²) in [5.41, 5.74) is 5.28. The first-order valence-electron chi connectivity index (χ1n) is 12.6. The van der Waals surface area contributed by atoms with Crippen LogP contribution in [0, 0.1) is 5.92 Å². The van der Waals surface area contributed by atoms with Gasteiger partial charge in [0.15, 0.2) is 5.44 Å². The van der Waals surface area contributed by atoms with Crippen LogP contribution < -0.4 is 5.73 Å². The molecule has 0 saturated carbocycles. The molecule has 1 aliphatic heterocycles. The van der Waals surface area contributed by atoms with E-state index < -0.39 is 5.97 Å². The molecule has 0 aromatic rings. The van der Waals surface area contributed by atoms with E-state index in [0.29, 0.717) is 17.9 Å². The third kappa shape index (κ3) is 13.1. The fourth-order valence-electron chi connectivity index (χ4n) is 3.89. The molecule has 5 nitrogen and oxygen atoms in total. The average molecular weight is 456 g/mol. The molecule has 1 saturated heterocycles. The van der Waals surface area contributed by atoms with Crippen molar-refractivity contribution in [1.82, 2.24) is 0 Å². The Hall–Kier alpha value is -1.17. The van der Waals surface area contributed by atoms with E-state index in [1.165, 1.54) is 82.2 Å². The summed E-state index contributed by atoms with van der Waals surface area (Å²) in [4.78, 5) is 24.9. The number of thioether (sulfide) groups is 1. The summed E-state index contributed by atoms with van der Waals surface area (Å²) in [6.07, 6.45) is 19.0. The Morgan fingerprint density at radius 2 is 1.58 bits per heavy atom. The molecule has 0 aromatic carbocycles. The minimum absolute atomic E-state index is 0.162. The van der Waals surface area contributed by atoms with Gasteiger partial charge in [0.1, 0.15) is 4.91 Å². The van der Waals surface area contributed by atoms with Crippen LogP contribution in [0.1, 0.15) is 117 Å². The lowest BCUT2D eigenvalue weighted by Crippen LogP contribution is -2.29. The van der Waals surface area contributed by atoms with Gasteiger partial charge in [0.25, 0.3) is 0 Å². The number of hydrogen-bond acceptors (Lipinski definition) is 6. The van der Waals surface area contributed by atoms with E-state index in [1.807, 2.05) is 0 Å². The number of carbonyl (C=O) groups is 2. The van der Waals surface area contributed by atoms with Crippen LogP contribution >= 0.6 is 11.8 Å². The van der Waals surface area contributed by atoms with Gasteiger partial charge in [-0.2, -0.15) is 0 Å². The molecule has 2 unspecified atom stereocenters. The summed E-state index contributed by atoms with van der Waals surface area (Å²) in [5, 5.41) is 0. The monoisotopic (exact) mass is 455 g/mol. The molecule has 0 radical (unpaired) electrons. The molecule has 0 amide bonds. The highest BCUT2D eigenvalue weighted by Gasteiger charge is 2.31. The van der Waals surface area contributed by atoms with Crippen LogP contribution in [0.4, 0.5) is 0 Å². The van der Waals surface area contributed by atoms with E-state index in [0.717, 1.165) is 32.1 Å². The van der Waals surface area contributed by atoms with Crippen molar-refractivity contribution >= 4 is 23.7 Å². The number of rotatable bonds is 16. The summed E-state index contributed by atoms with van der Waals surface area (Å²) >= 11 is 1.25. The number of hydrogen-bond donors (Lipinski definition) is 1. The quantitative estimate of drug-likeness (QED) is 0.156. The first-order chi connectivity index (χ1) is 15.1. The van der Waals surface area contributed by atoms with Crippen LogP contribution in [0.5, 0.6) is 0 Å². The number of ether oxygens (including phenoxy) is 2. The van der Waals surface area contributed by atoms with Crippen molar-refractivity contribution in [3.05, 3.63) is 11.1 Å². The van der Waals surface area contributed by atoms with Gasteiger partial charge in [0.2, 0.25) is 0 Å². The van der Waals surface area contributed by atoms with Crippen molar-refractivity contribution in [3.8, 4) is 0 Å². The number of esters is 2. The zero-order chi connectivity index (χ0) is 22.7. The predicted octanol–water partition coefficient (Wildman–Crippen LogP) is 6.84. The molecule has 31 heavy (non-hydrogen) atoms. The van der Waals surface area contributed by atoms with E-state index in [2.05, 4.69) is 13.8 Å². The van der Waals surface area contributed by atoms with Crippen molar-refractivity contribution in [2.45, 2.75) is 122 Å². The lowest BCUT2D eigenvalue weighted by Gasteiger charge is -2.29. The molecule has 1 heterocycles. The Morgan fingerprint density at radius 1 is 1.00 bits per heavy atom. The highest BCUT2D eigenvalue weighted by molar-refractivity contribution is 8.04. The zero-order valence-corrected chi connectivity index (χ0v) is 20.7. The van der Waals surface area contributed by atoms with E-state index in [-0.39, 0.29) is 17.3 Å². The van der Waals surface area contributed by atoms with Gasteiger partial charge in [-0.3, -0.25) is 4.79 Å². The van der Waals surface area contributed by atoms with E-state index in [4.69, 9.17) is 15.2 Å². The van der Waals surface area contributed by atoms with Gasteiger partial charge in [-0.05, 0) is 19.3 Å². The lowest BCUT2D eigenvalue weighted by atomic mass is 9.98. The Balaban J connectivity index is 2.48. The molecular weight excluding hydrogens is 410 g/mol. The highest BCUT2D eigenvalue weighted by Crippen LogP contribution is 2.35. The predicted molar refractivity (Wildman–Crippen MR) is 129 cm³/mol. The van der Waals surface area contributed by atoms with Crippen molar-refractivity contribution in [1.29, 1.82) is 0 Å². The lowest BCUT2D eigenvalue weighted by molar-refractivity contribution is -0.149. The first kappa shape index (κ1) is 27.9. The number of cyclic esters (lactones) is 1. The number of nitrogens with two attached hydrogens (primary N) is 1. The zero-order valence-electron chi connectivity index (χ0n) is 19.9. The standard InChI is InChI=1S/C25H45NO4S/c1-3-5-7-9-10-11-13-15-17-23(27)30-25-21(16-14-12-8-6-4-2)18-19-29-24(28)22(20-26)31-25/h20-21,25H,3-19,26H2,1-2H3. The van der Waals surface area contributed by atoms with Gasteiger partial charge in [-0.15, -0.1) is 0 Å².